The number of nitrogens with one attached hydrogen (secondary N) is 3. The van der Waals surface area contributed by atoms with Gasteiger partial charge in [0.05, 0.1) is 17.3 Å². The largest absolute Gasteiger partial charge is 0.391 e. The van der Waals surface area contributed by atoms with Gasteiger partial charge in [-0.15, -0.1) is 0 Å². The van der Waals surface area contributed by atoms with Crippen LogP contribution in [-0.2, 0) is 6.42 Å². The number of aliphatic hydroxyl groups is 1. The van der Waals surface area contributed by atoms with Gasteiger partial charge in [0.2, 0.25) is 5.95 Å². The van der Waals surface area contributed by atoms with Gasteiger partial charge in [-0.3, -0.25) is 0 Å². The maximum atomic E-state index is 9.91. The van der Waals surface area contributed by atoms with Gasteiger partial charge in [0, 0.05) is 36.3 Å². The molecule has 4 heterocycles. The van der Waals surface area contributed by atoms with Crippen molar-refractivity contribution in [3.63, 3.8) is 0 Å². The minimum atomic E-state index is -0.411. The van der Waals surface area contributed by atoms with Crippen molar-refractivity contribution in [3.05, 3.63) is 42.4 Å². The molecule has 9 heteroatoms. The minimum Gasteiger partial charge on any atom is -0.391 e. The molecule has 178 valence electrons. The molecule has 1 unspecified atom stereocenters. The minimum absolute atomic E-state index is 0.364. The van der Waals surface area contributed by atoms with Crippen molar-refractivity contribution in [2.24, 2.45) is 0 Å². The molecule has 1 aromatic carbocycles. The molecule has 2 atom stereocenters. The van der Waals surface area contributed by atoms with Crippen LogP contribution in [0.15, 0.2) is 36.8 Å². The average molecular weight is 461 g/mol. The molecule has 0 aliphatic carbocycles. The number of rotatable bonds is 8. The molecule has 0 spiro atoms. The maximum Gasteiger partial charge on any atom is 0.223 e. The highest BCUT2D eigenvalue weighted by Crippen LogP contribution is 2.30. The van der Waals surface area contributed by atoms with Crippen molar-refractivity contribution in [3.8, 4) is 11.3 Å². The molecule has 0 saturated carbocycles. The van der Waals surface area contributed by atoms with E-state index in [4.69, 9.17) is 4.98 Å². The van der Waals surface area contributed by atoms with Gasteiger partial charge in [0.15, 0.2) is 5.82 Å². The number of piperidine rings is 1. The van der Waals surface area contributed by atoms with E-state index >= 15 is 0 Å². The number of fused-ring (bicyclic) bond motifs is 2. The first-order chi connectivity index (χ1) is 16.7. The number of aliphatic hydroxyl groups excluding tert-OH is 1. The fraction of sp³-hybridized carbons (Fsp3) is 0.440. The molecule has 1 saturated heterocycles. The first-order valence-electron chi connectivity index (χ1n) is 12.2. The zero-order chi connectivity index (χ0) is 23.5. The van der Waals surface area contributed by atoms with Crippen LogP contribution in [0.2, 0.25) is 0 Å². The molecule has 0 amide bonds. The van der Waals surface area contributed by atoms with E-state index in [-0.39, 0.29) is 0 Å². The van der Waals surface area contributed by atoms with Crippen LogP contribution < -0.4 is 16.0 Å². The Morgan fingerprint density at radius 2 is 2.15 bits per heavy atom. The highest BCUT2D eigenvalue weighted by atomic mass is 16.3. The Balaban J connectivity index is 1.48. The van der Waals surface area contributed by atoms with E-state index in [0.717, 1.165) is 53.6 Å². The molecule has 4 aromatic rings. The smallest absolute Gasteiger partial charge is 0.223 e. The molecular formula is C25H32N8O. The van der Waals surface area contributed by atoms with Gasteiger partial charge in [0.1, 0.15) is 11.8 Å². The lowest BCUT2D eigenvalue weighted by Crippen LogP contribution is -2.38. The van der Waals surface area contributed by atoms with E-state index in [1.54, 1.807) is 6.33 Å². The molecule has 0 bridgehead atoms. The van der Waals surface area contributed by atoms with Crippen LogP contribution in [0.4, 0.5) is 11.8 Å². The number of anilines is 2. The van der Waals surface area contributed by atoms with Crippen LogP contribution in [0.3, 0.4) is 0 Å². The molecule has 1 fully saturated rings. The lowest BCUT2D eigenvalue weighted by atomic mass is 10.0. The third-order valence-electron chi connectivity index (χ3n) is 6.50. The zero-order valence-corrected chi connectivity index (χ0v) is 19.8. The number of aryl methyl sites for hydroxylation is 1. The van der Waals surface area contributed by atoms with Gasteiger partial charge in [0.25, 0.3) is 0 Å². The van der Waals surface area contributed by atoms with Crippen LogP contribution in [0.25, 0.3) is 27.7 Å². The molecule has 34 heavy (non-hydrogen) atoms. The van der Waals surface area contributed by atoms with Crippen molar-refractivity contribution in [1.82, 2.24) is 29.9 Å². The summed E-state index contributed by atoms with van der Waals surface area (Å²) in [7, 11) is 0. The Kier molecular flexibility index (Phi) is 6.55. The topological polar surface area (TPSA) is 112 Å². The van der Waals surface area contributed by atoms with E-state index in [1.165, 1.54) is 12.0 Å². The van der Waals surface area contributed by atoms with Crippen molar-refractivity contribution < 1.29 is 5.11 Å². The number of benzene rings is 1. The Bertz CT molecular complexity index is 1280. The predicted molar refractivity (Wildman–Crippen MR) is 135 cm³/mol. The summed E-state index contributed by atoms with van der Waals surface area (Å²) in [5, 5.41) is 25.6. The van der Waals surface area contributed by atoms with Crippen molar-refractivity contribution in [1.29, 1.82) is 0 Å². The van der Waals surface area contributed by atoms with Gasteiger partial charge >= 0.3 is 0 Å². The van der Waals surface area contributed by atoms with E-state index in [9.17, 15) is 5.11 Å². The number of aromatic nitrogens is 5. The van der Waals surface area contributed by atoms with Gasteiger partial charge < -0.3 is 21.1 Å². The van der Waals surface area contributed by atoms with Gasteiger partial charge in [-0.05, 0) is 62.1 Å². The monoisotopic (exact) mass is 460 g/mol. The van der Waals surface area contributed by atoms with Crippen LogP contribution in [0.5, 0.6) is 0 Å². The molecule has 1 aliphatic heterocycles. The quantitative estimate of drug-likeness (QED) is 0.317. The molecule has 0 radical (unpaired) electrons. The molecular weight excluding hydrogens is 428 g/mol. The second kappa shape index (κ2) is 9.90. The summed E-state index contributed by atoms with van der Waals surface area (Å²) in [6.07, 6.45) is 6.89. The van der Waals surface area contributed by atoms with Gasteiger partial charge in [-0.1, -0.05) is 13.8 Å². The number of hydrogen-bond donors (Lipinski definition) is 4. The predicted octanol–water partition coefficient (Wildman–Crippen LogP) is 3.25. The molecule has 9 nitrogen and oxygen atoms in total. The highest BCUT2D eigenvalue weighted by molar-refractivity contribution is 5.88. The Morgan fingerprint density at radius 1 is 1.24 bits per heavy atom. The van der Waals surface area contributed by atoms with Crippen molar-refractivity contribution in [2.45, 2.75) is 51.7 Å². The average Bonchev–Trinajstić information content (AvgIpc) is 3.32. The van der Waals surface area contributed by atoms with E-state index in [2.05, 4.69) is 56.1 Å². The summed E-state index contributed by atoms with van der Waals surface area (Å²) in [5.41, 5.74) is 5.06. The number of nitrogens with zero attached hydrogens (tertiary/aromatic N) is 5. The summed E-state index contributed by atoms with van der Waals surface area (Å²) in [6.45, 7) is 6.58. The standard InChI is InChI=1S/C25H32N8O/c1-3-16-10-17(11-18-12-28-25(32-23(16)18)31-19-6-5-9-26-13-19)21-7-8-22-24(27-14-20(34)4-2)29-15-30-33(21)22/h7-8,10-12,15,19-20,26,34H,3-6,9,13-14H2,1-2H3,(H,27,29,30)(H,28,31,32)/t19-,20?/m0/s1. The molecule has 3 aromatic heterocycles. The maximum absolute atomic E-state index is 9.91. The normalized spacial score (nSPS) is 17.2. The lowest BCUT2D eigenvalue weighted by Gasteiger charge is -2.23. The van der Waals surface area contributed by atoms with E-state index in [1.807, 2.05) is 23.7 Å². The van der Waals surface area contributed by atoms with E-state index < -0.39 is 6.10 Å². The Morgan fingerprint density at radius 3 is 2.94 bits per heavy atom. The second-order valence-corrected chi connectivity index (χ2v) is 8.88. The van der Waals surface area contributed by atoms with Crippen LogP contribution >= 0.6 is 0 Å². The first kappa shape index (κ1) is 22.5. The summed E-state index contributed by atoms with van der Waals surface area (Å²) >= 11 is 0. The molecule has 5 rings (SSSR count). The second-order valence-electron chi connectivity index (χ2n) is 8.88. The van der Waals surface area contributed by atoms with Gasteiger partial charge in [-0.25, -0.2) is 19.5 Å². The van der Waals surface area contributed by atoms with Crippen LogP contribution in [-0.4, -0.2) is 61.5 Å². The molecule has 1 aliphatic rings. The Labute approximate surface area is 199 Å². The third-order valence-corrected chi connectivity index (χ3v) is 6.50. The zero-order valence-electron chi connectivity index (χ0n) is 19.8. The fourth-order valence-electron chi connectivity index (χ4n) is 4.51. The highest BCUT2D eigenvalue weighted by Gasteiger charge is 2.16. The van der Waals surface area contributed by atoms with Crippen LogP contribution in [0.1, 0.15) is 38.7 Å². The molecule has 4 N–H and O–H groups in total. The van der Waals surface area contributed by atoms with Crippen molar-refractivity contribution >= 4 is 28.2 Å². The SMILES string of the molecule is CCc1cc(-c2ccc3c(NCC(O)CC)ncnn23)cc2cnc(N[C@H]3CCCNC3)nc12. The summed E-state index contributed by atoms with van der Waals surface area (Å²) in [6, 6.07) is 8.74. The van der Waals surface area contributed by atoms with Crippen molar-refractivity contribution in [2.75, 3.05) is 30.3 Å². The summed E-state index contributed by atoms with van der Waals surface area (Å²) in [4.78, 5) is 13.9. The fourth-order valence-corrected chi connectivity index (χ4v) is 4.51. The van der Waals surface area contributed by atoms with Gasteiger partial charge in [-0.2, -0.15) is 5.10 Å². The third kappa shape index (κ3) is 4.53. The number of hydrogen-bond acceptors (Lipinski definition) is 8. The Hall–Kier alpha value is -3.30. The van der Waals surface area contributed by atoms with Crippen LogP contribution in [0, 0.1) is 0 Å². The first-order valence-corrected chi connectivity index (χ1v) is 12.2. The lowest BCUT2D eigenvalue weighted by molar-refractivity contribution is 0.183. The van der Waals surface area contributed by atoms with E-state index in [0.29, 0.717) is 30.8 Å². The summed E-state index contributed by atoms with van der Waals surface area (Å²) < 4.78 is 1.89. The summed E-state index contributed by atoms with van der Waals surface area (Å²) in [5.74, 6) is 1.40.